The number of hydrogen-bond donors (Lipinski definition) is 1. The minimum Gasteiger partial charge on any atom is -0.301 e. The minimum atomic E-state index is -0.248. The third-order valence-corrected chi connectivity index (χ3v) is 4.23. The van der Waals surface area contributed by atoms with Crippen molar-refractivity contribution in [2.75, 3.05) is 5.75 Å². The molecule has 0 bridgehead atoms. The molecule has 1 aromatic carbocycles. The fourth-order valence-corrected chi connectivity index (χ4v) is 2.73. The largest absolute Gasteiger partial charge is 0.301 e. The van der Waals surface area contributed by atoms with Crippen LogP contribution in [0, 0.1) is 25.2 Å². The Balaban J connectivity index is 2.23. The van der Waals surface area contributed by atoms with E-state index in [1.807, 2.05) is 38.1 Å². The summed E-state index contributed by atoms with van der Waals surface area (Å²) in [5.74, 6) is 0.228. The molecular formula is C15H13N5OS. The summed E-state index contributed by atoms with van der Waals surface area (Å²) < 4.78 is 1.67. The van der Waals surface area contributed by atoms with E-state index in [-0.39, 0.29) is 11.3 Å². The summed E-state index contributed by atoms with van der Waals surface area (Å²) in [6, 6.07) is 7.94. The third kappa shape index (κ3) is 2.38. The van der Waals surface area contributed by atoms with Gasteiger partial charge in [0.25, 0.3) is 5.56 Å². The molecule has 0 radical (unpaired) electrons. The van der Waals surface area contributed by atoms with Gasteiger partial charge in [-0.15, -0.1) is 0 Å². The number of aromatic nitrogens is 4. The maximum absolute atomic E-state index is 12.1. The molecule has 3 aromatic rings. The second-order valence-corrected chi connectivity index (χ2v) is 5.79. The molecule has 0 aliphatic carbocycles. The third-order valence-electron chi connectivity index (χ3n) is 3.49. The van der Waals surface area contributed by atoms with Crippen molar-refractivity contribution in [1.29, 1.82) is 5.26 Å². The number of H-pyrrole nitrogens is 1. The van der Waals surface area contributed by atoms with Gasteiger partial charge in [-0.3, -0.25) is 4.79 Å². The predicted octanol–water partition coefficient (Wildman–Crippen LogP) is 2.34. The van der Waals surface area contributed by atoms with Crippen molar-refractivity contribution in [2.24, 2.45) is 0 Å². The number of hydrogen-bond acceptors (Lipinski definition) is 5. The number of benzene rings is 1. The Morgan fingerprint density at radius 2 is 2.23 bits per heavy atom. The van der Waals surface area contributed by atoms with Gasteiger partial charge in [0.15, 0.2) is 10.8 Å². The lowest BCUT2D eigenvalue weighted by Gasteiger charge is -2.09. The van der Waals surface area contributed by atoms with Crippen LogP contribution in [0.4, 0.5) is 0 Å². The Morgan fingerprint density at radius 3 is 3.00 bits per heavy atom. The zero-order valence-electron chi connectivity index (χ0n) is 12.1. The van der Waals surface area contributed by atoms with E-state index in [1.165, 1.54) is 18.0 Å². The van der Waals surface area contributed by atoms with Gasteiger partial charge in [-0.05, 0) is 31.0 Å². The van der Waals surface area contributed by atoms with E-state index in [1.54, 1.807) is 4.68 Å². The molecule has 0 aliphatic heterocycles. The molecule has 0 amide bonds. The van der Waals surface area contributed by atoms with E-state index in [2.05, 4.69) is 15.1 Å². The van der Waals surface area contributed by atoms with E-state index in [9.17, 15) is 4.79 Å². The quantitative estimate of drug-likeness (QED) is 0.592. The summed E-state index contributed by atoms with van der Waals surface area (Å²) >= 11 is 1.20. The lowest BCUT2D eigenvalue weighted by atomic mass is 10.1. The topological polar surface area (TPSA) is 87.4 Å². The molecule has 0 saturated heterocycles. The lowest BCUT2D eigenvalue weighted by molar-refractivity contribution is 0.865. The standard InChI is InChI=1S/C15H13N5OS/c1-9-4-3-5-12(10(9)2)20-13-11(8-17-20)14(21)19-15(18-13)22-7-6-16/h3-5,8H,7H2,1-2H3,(H,18,19,21). The molecule has 22 heavy (non-hydrogen) atoms. The first-order valence-corrected chi connectivity index (χ1v) is 7.65. The zero-order valence-corrected chi connectivity index (χ0v) is 12.9. The van der Waals surface area contributed by atoms with Crippen LogP contribution in [0.5, 0.6) is 0 Å². The van der Waals surface area contributed by atoms with Gasteiger partial charge in [0.1, 0.15) is 5.39 Å². The number of nitrogens with zero attached hydrogens (tertiary/aromatic N) is 4. The first kappa shape index (κ1) is 14.4. The van der Waals surface area contributed by atoms with E-state index in [0.717, 1.165) is 16.8 Å². The fraction of sp³-hybridized carbons (Fsp3) is 0.200. The Bertz CT molecular complexity index is 951. The van der Waals surface area contributed by atoms with E-state index >= 15 is 0 Å². The van der Waals surface area contributed by atoms with Gasteiger partial charge in [0.2, 0.25) is 0 Å². The van der Waals surface area contributed by atoms with Gasteiger partial charge < -0.3 is 4.98 Å². The molecule has 2 heterocycles. The summed E-state index contributed by atoms with van der Waals surface area (Å²) in [6.45, 7) is 4.04. The van der Waals surface area contributed by atoms with E-state index in [4.69, 9.17) is 5.26 Å². The van der Waals surface area contributed by atoms with Crippen LogP contribution in [0.1, 0.15) is 11.1 Å². The molecule has 6 nitrogen and oxygen atoms in total. The summed E-state index contributed by atoms with van der Waals surface area (Å²) in [6.07, 6.45) is 1.52. The Labute approximate surface area is 130 Å². The Kier molecular flexibility index (Phi) is 3.69. The molecular weight excluding hydrogens is 298 g/mol. The molecule has 1 N–H and O–H groups in total. The number of nitriles is 1. The van der Waals surface area contributed by atoms with Crippen LogP contribution in [-0.2, 0) is 0 Å². The summed E-state index contributed by atoms with van der Waals surface area (Å²) in [5.41, 5.74) is 3.37. The maximum Gasteiger partial charge on any atom is 0.262 e. The number of nitrogens with one attached hydrogen (secondary N) is 1. The van der Waals surface area contributed by atoms with Gasteiger partial charge in [-0.2, -0.15) is 10.4 Å². The minimum absolute atomic E-state index is 0.228. The van der Waals surface area contributed by atoms with E-state index < -0.39 is 0 Å². The van der Waals surface area contributed by atoms with Crippen LogP contribution < -0.4 is 5.56 Å². The lowest BCUT2D eigenvalue weighted by Crippen LogP contribution is -2.10. The van der Waals surface area contributed by atoms with Gasteiger partial charge in [-0.1, -0.05) is 23.9 Å². The van der Waals surface area contributed by atoms with Crippen molar-refractivity contribution in [2.45, 2.75) is 19.0 Å². The van der Waals surface area contributed by atoms with Gasteiger partial charge in [0, 0.05) is 0 Å². The monoisotopic (exact) mass is 311 g/mol. The smallest absolute Gasteiger partial charge is 0.262 e. The predicted molar refractivity (Wildman–Crippen MR) is 85.3 cm³/mol. The zero-order chi connectivity index (χ0) is 15.7. The van der Waals surface area contributed by atoms with Gasteiger partial charge in [-0.25, -0.2) is 9.67 Å². The Morgan fingerprint density at radius 1 is 1.41 bits per heavy atom. The number of aryl methyl sites for hydroxylation is 1. The summed E-state index contributed by atoms with van der Waals surface area (Å²) in [7, 11) is 0. The van der Waals surface area contributed by atoms with Crippen molar-refractivity contribution in [1.82, 2.24) is 19.7 Å². The second-order valence-electron chi connectivity index (χ2n) is 4.83. The normalized spacial score (nSPS) is 10.8. The molecule has 0 atom stereocenters. The van der Waals surface area contributed by atoms with Crippen molar-refractivity contribution < 1.29 is 0 Å². The molecule has 0 aliphatic rings. The van der Waals surface area contributed by atoms with Crippen molar-refractivity contribution >= 4 is 22.8 Å². The average molecular weight is 311 g/mol. The number of thioether (sulfide) groups is 1. The van der Waals surface area contributed by atoms with Crippen LogP contribution in [0.3, 0.4) is 0 Å². The number of fused-ring (bicyclic) bond motifs is 1. The molecule has 0 unspecified atom stereocenters. The molecule has 3 rings (SSSR count). The van der Waals surface area contributed by atoms with Crippen molar-refractivity contribution in [3.63, 3.8) is 0 Å². The van der Waals surface area contributed by atoms with Crippen LogP contribution in [0.2, 0.25) is 0 Å². The molecule has 0 spiro atoms. The van der Waals surface area contributed by atoms with Crippen LogP contribution in [0.25, 0.3) is 16.7 Å². The first-order valence-electron chi connectivity index (χ1n) is 6.66. The van der Waals surface area contributed by atoms with Crippen LogP contribution >= 0.6 is 11.8 Å². The van der Waals surface area contributed by atoms with Crippen LogP contribution in [0.15, 0.2) is 34.3 Å². The second kappa shape index (κ2) is 5.66. The van der Waals surface area contributed by atoms with Crippen molar-refractivity contribution in [3.8, 4) is 11.8 Å². The van der Waals surface area contributed by atoms with Crippen molar-refractivity contribution in [3.05, 3.63) is 45.9 Å². The summed E-state index contributed by atoms with van der Waals surface area (Å²) in [4.78, 5) is 19.2. The highest BCUT2D eigenvalue weighted by atomic mass is 32.2. The first-order chi connectivity index (χ1) is 10.6. The average Bonchev–Trinajstić information content (AvgIpc) is 2.92. The van der Waals surface area contributed by atoms with Gasteiger partial charge in [0.05, 0.1) is 23.7 Å². The maximum atomic E-state index is 12.1. The molecule has 0 fully saturated rings. The number of aromatic amines is 1. The molecule has 2 aromatic heterocycles. The molecule has 110 valence electrons. The fourth-order valence-electron chi connectivity index (χ4n) is 2.21. The highest BCUT2D eigenvalue weighted by molar-refractivity contribution is 7.99. The number of rotatable bonds is 3. The highest BCUT2D eigenvalue weighted by Crippen LogP contribution is 2.21. The summed E-state index contributed by atoms with van der Waals surface area (Å²) in [5, 5.41) is 13.8. The SMILES string of the molecule is Cc1cccc(-n2ncc3c(=O)[nH]c(SCC#N)nc32)c1C. The van der Waals surface area contributed by atoms with Gasteiger partial charge >= 0.3 is 0 Å². The van der Waals surface area contributed by atoms with E-state index in [0.29, 0.717) is 16.2 Å². The van der Waals surface area contributed by atoms with Crippen LogP contribution in [-0.4, -0.2) is 25.5 Å². The molecule has 0 saturated carbocycles. The Hall–Kier alpha value is -2.59. The highest BCUT2D eigenvalue weighted by Gasteiger charge is 2.13. The molecule has 7 heteroatoms.